The first-order valence-electron chi connectivity index (χ1n) is 9.99. The van der Waals surface area contributed by atoms with Gasteiger partial charge in [0.15, 0.2) is 0 Å². The zero-order valence-electron chi connectivity index (χ0n) is 15.7. The maximum Gasteiger partial charge on any atom is 0.519 e. The summed E-state index contributed by atoms with van der Waals surface area (Å²) in [7, 11) is 0. The quantitative estimate of drug-likeness (QED) is 0.446. The Balaban J connectivity index is 1.51. The SMILES string of the molecule is O=C(Oc1ccccc1C1CCCC1F)Oc1ccccc1C1CCCC1F. The second kappa shape index (κ2) is 8.29. The highest BCUT2D eigenvalue weighted by Gasteiger charge is 2.32. The standard InChI is InChI=1S/C23H24F2O3/c24-19-11-5-9-15(19)17-7-1-3-13-21(17)27-23(26)28-22-14-4-2-8-18(22)16-10-6-12-20(16)25/h1-4,7-8,13-16,19-20H,5-6,9-12H2. The minimum absolute atomic E-state index is 0.262. The number of rotatable bonds is 4. The maximum absolute atomic E-state index is 14.2. The van der Waals surface area contributed by atoms with Crippen LogP contribution in [0.5, 0.6) is 11.5 Å². The van der Waals surface area contributed by atoms with E-state index < -0.39 is 18.5 Å². The van der Waals surface area contributed by atoms with Crippen LogP contribution < -0.4 is 9.47 Å². The van der Waals surface area contributed by atoms with Crippen LogP contribution in [-0.2, 0) is 0 Å². The topological polar surface area (TPSA) is 35.5 Å². The van der Waals surface area contributed by atoms with Gasteiger partial charge in [0.25, 0.3) is 0 Å². The summed E-state index contributed by atoms with van der Waals surface area (Å²) in [6.45, 7) is 0. The molecule has 0 aliphatic heterocycles. The number of carbonyl (C=O) groups excluding carboxylic acids is 1. The summed E-state index contributed by atoms with van der Waals surface area (Å²) in [5, 5.41) is 0. The van der Waals surface area contributed by atoms with Crippen molar-refractivity contribution in [2.24, 2.45) is 0 Å². The van der Waals surface area contributed by atoms with E-state index in [-0.39, 0.29) is 11.8 Å². The Hall–Kier alpha value is -2.43. The Morgan fingerprint density at radius 3 is 1.54 bits per heavy atom. The molecule has 5 heteroatoms. The highest BCUT2D eigenvalue weighted by molar-refractivity contribution is 5.68. The van der Waals surface area contributed by atoms with Gasteiger partial charge >= 0.3 is 6.16 Å². The van der Waals surface area contributed by atoms with Gasteiger partial charge in [-0.1, -0.05) is 36.4 Å². The van der Waals surface area contributed by atoms with Crippen molar-refractivity contribution in [2.45, 2.75) is 62.7 Å². The molecule has 0 amide bonds. The molecule has 0 radical (unpaired) electrons. The molecule has 28 heavy (non-hydrogen) atoms. The van der Waals surface area contributed by atoms with Gasteiger partial charge < -0.3 is 9.47 Å². The average Bonchev–Trinajstić information content (AvgIpc) is 3.31. The second-order valence-corrected chi connectivity index (χ2v) is 7.64. The normalized spacial score (nSPS) is 26.9. The molecule has 4 atom stereocenters. The van der Waals surface area contributed by atoms with Crippen molar-refractivity contribution in [1.29, 1.82) is 0 Å². The number of hydrogen-bond acceptors (Lipinski definition) is 3. The second-order valence-electron chi connectivity index (χ2n) is 7.64. The monoisotopic (exact) mass is 386 g/mol. The molecule has 0 N–H and O–H groups in total. The number of para-hydroxylation sites is 2. The zero-order chi connectivity index (χ0) is 19.5. The van der Waals surface area contributed by atoms with Gasteiger partial charge in [-0.2, -0.15) is 0 Å². The van der Waals surface area contributed by atoms with Gasteiger partial charge in [-0.15, -0.1) is 0 Å². The van der Waals surface area contributed by atoms with E-state index in [4.69, 9.17) is 9.47 Å². The molecule has 2 aliphatic carbocycles. The highest BCUT2D eigenvalue weighted by atomic mass is 19.1. The Labute approximate surface area is 163 Å². The number of benzene rings is 2. The van der Waals surface area contributed by atoms with Crippen molar-refractivity contribution >= 4 is 6.16 Å². The van der Waals surface area contributed by atoms with Crippen LogP contribution >= 0.6 is 0 Å². The minimum atomic E-state index is -0.926. The fourth-order valence-electron chi connectivity index (χ4n) is 4.49. The van der Waals surface area contributed by atoms with E-state index in [2.05, 4.69) is 0 Å². The summed E-state index contributed by atoms with van der Waals surface area (Å²) < 4.78 is 39.3. The maximum atomic E-state index is 14.2. The molecule has 2 fully saturated rings. The van der Waals surface area contributed by atoms with Gasteiger partial charge in [-0.3, -0.25) is 0 Å². The van der Waals surface area contributed by atoms with Crippen molar-refractivity contribution in [3.05, 3.63) is 59.7 Å². The zero-order valence-corrected chi connectivity index (χ0v) is 15.7. The van der Waals surface area contributed by atoms with Crippen molar-refractivity contribution in [3.8, 4) is 11.5 Å². The Morgan fingerprint density at radius 2 is 1.14 bits per heavy atom. The van der Waals surface area contributed by atoms with Gasteiger partial charge in [0.2, 0.25) is 0 Å². The molecule has 2 saturated carbocycles. The van der Waals surface area contributed by atoms with Crippen LogP contribution in [-0.4, -0.2) is 18.5 Å². The van der Waals surface area contributed by atoms with Gasteiger partial charge in [0.1, 0.15) is 23.8 Å². The van der Waals surface area contributed by atoms with Crippen LogP contribution in [0.4, 0.5) is 13.6 Å². The first-order chi connectivity index (χ1) is 13.6. The molecule has 0 spiro atoms. The number of ether oxygens (including phenoxy) is 2. The lowest BCUT2D eigenvalue weighted by Crippen LogP contribution is -2.18. The van der Waals surface area contributed by atoms with E-state index in [1.165, 1.54) is 0 Å². The average molecular weight is 386 g/mol. The summed E-state index contributed by atoms with van der Waals surface area (Å²) in [4.78, 5) is 12.4. The van der Waals surface area contributed by atoms with Crippen LogP contribution in [0.3, 0.4) is 0 Å². The predicted molar refractivity (Wildman–Crippen MR) is 103 cm³/mol. The van der Waals surface area contributed by atoms with E-state index in [1.807, 2.05) is 12.1 Å². The Morgan fingerprint density at radius 1 is 0.714 bits per heavy atom. The molecule has 0 heterocycles. The van der Waals surface area contributed by atoms with E-state index in [9.17, 15) is 13.6 Å². The number of halogens is 2. The molecule has 2 aliphatic rings. The van der Waals surface area contributed by atoms with Crippen LogP contribution in [0.1, 0.15) is 61.5 Å². The van der Waals surface area contributed by atoms with Crippen molar-refractivity contribution < 1.29 is 23.0 Å². The Bertz CT molecular complexity index is 771. The molecule has 0 saturated heterocycles. The number of carbonyl (C=O) groups is 1. The molecule has 4 unspecified atom stereocenters. The molecule has 4 rings (SSSR count). The van der Waals surface area contributed by atoms with Crippen molar-refractivity contribution in [1.82, 2.24) is 0 Å². The van der Waals surface area contributed by atoms with Crippen molar-refractivity contribution in [2.75, 3.05) is 0 Å². The van der Waals surface area contributed by atoms with Crippen LogP contribution in [0.2, 0.25) is 0 Å². The van der Waals surface area contributed by atoms with Gasteiger partial charge in [-0.05, 0) is 50.7 Å². The van der Waals surface area contributed by atoms with Gasteiger partial charge in [-0.25, -0.2) is 13.6 Å². The fourth-order valence-corrected chi connectivity index (χ4v) is 4.49. The molecule has 2 aromatic rings. The third-order valence-corrected chi connectivity index (χ3v) is 5.89. The largest absolute Gasteiger partial charge is 0.519 e. The summed E-state index contributed by atoms with van der Waals surface area (Å²) in [5.41, 5.74) is 1.38. The minimum Gasteiger partial charge on any atom is -0.394 e. The molecular weight excluding hydrogens is 362 g/mol. The Kier molecular flexibility index (Phi) is 5.60. The third-order valence-electron chi connectivity index (χ3n) is 5.89. The van der Waals surface area contributed by atoms with Crippen LogP contribution in [0.25, 0.3) is 0 Å². The van der Waals surface area contributed by atoms with Crippen LogP contribution in [0.15, 0.2) is 48.5 Å². The van der Waals surface area contributed by atoms with Crippen molar-refractivity contribution in [3.63, 3.8) is 0 Å². The van der Waals surface area contributed by atoms with E-state index in [0.29, 0.717) is 35.5 Å². The fraction of sp³-hybridized carbons (Fsp3) is 0.435. The van der Waals surface area contributed by atoms with Gasteiger partial charge in [0.05, 0.1) is 0 Å². The lowest BCUT2D eigenvalue weighted by molar-refractivity contribution is 0.150. The van der Waals surface area contributed by atoms with Crippen LogP contribution in [0, 0.1) is 0 Å². The molecule has 3 nitrogen and oxygen atoms in total. The number of alkyl halides is 2. The number of hydrogen-bond donors (Lipinski definition) is 0. The molecule has 0 bridgehead atoms. The summed E-state index contributed by atoms with van der Waals surface area (Å²) >= 11 is 0. The lowest BCUT2D eigenvalue weighted by atomic mass is 9.95. The third kappa shape index (κ3) is 3.89. The first kappa shape index (κ1) is 18.9. The van der Waals surface area contributed by atoms with Gasteiger partial charge in [0, 0.05) is 23.0 Å². The molecular formula is C23H24F2O3. The highest BCUT2D eigenvalue weighted by Crippen LogP contribution is 2.42. The van der Waals surface area contributed by atoms with E-state index in [0.717, 1.165) is 25.7 Å². The molecule has 148 valence electrons. The molecule has 0 aromatic heterocycles. The summed E-state index contributed by atoms with van der Waals surface area (Å²) in [6, 6.07) is 14.0. The lowest BCUT2D eigenvalue weighted by Gasteiger charge is -2.19. The molecule has 2 aromatic carbocycles. The smallest absolute Gasteiger partial charge is 0.394 e. The van der Waals surface area contributed by atoms with E-state index >= 15 is 0 Å². The van der Waals surface area contributed by atoms with E-state index in [1.54, 1.807) is 36.4 Å². The predicted octanol–water partition coefficient (Wildman–Crippen LogP) is 6.48. The summed E-state index contributed by atoms with van der Waals surface area (Å²) in [6.07, 6.45) is 1.44. The first-order valence-corrected chi connectivity index (χ1v) is 9.99. The summed E-state index contributed by atoms with van der Waals surface area (Å²) in [5.74, 6) is 0.122.